The van der Waals surface area contributed by atoms with Crippen molar-refractivity contribution in [2.24, 2.45) is 0 Å². The van der Waals surface area contributed by atoms with Crippen LogP contribution in [-0.4, -0.2) is 64.0 Å². The van der Waals surface area contributed by atoms with E-state index in [1.54, 1.807) is 0 Å². The summed E-state index contributed by atoms with van der Waals surface area (Å²) in [7, 11) is 2.44. The van der Waals surface area contributed by atoms with Crippen LogP contribution in [0, 0.1) is 23.5 Å². The molecule has 0 unspecified atom stereocenters. The molecule has 1 aliphatic rings. The number of carbonyl (C=O) groups is 2. The number of Topliss-reactive ketones (excluding diaryl/α,β-unsaturated/α-hetero) is 1. The molecule has 182 valence electrons. The SMILES string of the molecule is COc1cc(OC)c(F)c(C#Cc2nn([C@H]3CCN(C(=O)O)C3)c3c(C(C)=O)cnc(N)c23)c1F. The van der Waals surface area contributed by atoms with E-state index in [2.05, 4.69) is 21.9 Å². The number of fused-ring (bicyclic) bond motifs is 1. The number of nitrogen functional groups attached to an aromatic ring is 1. The number of aromatic nitrogens is 3. The third-order valence-electron chi connectivity index (χ3n) is 5.79. The minimum atomic E-state index is -1.07. The lowest BCUT2D eigenvalue weighted by molar-refractivity contribution is 0.101. The van der Waals surface area contributed by atoms with Gasteiger partial charge in [0, 0.05) is 25.4 Å². The highest BCUT2D eigenvalue weighted by atomic mass is 19.1. The van der Waals surface area contributed by atoms with E-state index in [1.807, 2.05) is 0 Å². The van der Waals surface area contributed by atoms with E-state index in [4.69, 9.17) is 15.2 Å². The second-order valence-corrected chi connectivity index (χ2v) is 7.84. The number of hydrogen-bond donors (Lipinski definition) is 2. The van der Waals surface area contributed by atoms with Crippen molar-refractivity contribution < 1.29 is 33.0 Å². The number of likely N-dealkylation sites (tertiary alicyclic amines) is 1. The van der Waals surface area contributed by atoms with Crippen LogP contribution in [0.2, 0.25) is 0 Å². The normalized spacial score (nSPS) is 15.1. The largest absolute Gasteiger partial charge is 0.493 e. The van der Waals surface area contributed by atoms with Gasteiger partial charge < -0.3 is 25.2 Å². The molecule has 4 rings (SSSR count). The Balaban J connectivity index is 1.94. The van der Waals surface area contributed by atoms with Gasteiger partial charge in [0.2, 0.25) is 0 Å². The van der Waals surface area contributed by atoms with Crippen LogP contribution in [0.4, 0.5) is 19.4 Å². The average Bonchev–Trinajstić information content (AvgIpc) is 3.45. The Hall–Kier alpha value is -4.40. The first-order chi connectivity index (χ1) is 16.7. The molecule has 0 spiro atoms. The van der Waals surface area contributed by atoms with E-state index in [1.165, 1.54) is 36.9 Å². The lowest BCUT2D eigenvalue weighted by Gasteiger charge is -2.14. The van der Waals surface area contributed by atoms with Crippen LogP contribution in [-0.2, 0) is 0 Å². The molecule has 35 heavy (non-hydrogen) atoms. The average molecular weight is 485 g/mol. The summed E-state index contributed by atoms with van der Waals surface area (Å²) in [5.74, 6) is 2.21. The van der Waals surface area contributed by atoms with E-state index in [0.29, 0.717) is 11.9 Å². The lowest BCUT2D eigenvalue weighted by atomic mass is 10.1. The van der Waals surface area contributed by atoms with Crippen molar-refractivity contribution in [1.82, 2.24) is 19.7 Å². The predicted molar refractivity (Wildman–Crippen MR) is 121 cm³/mol. The van der Waals surface area contributed by atoms with Gasteiger partial charge in [0.1, 0.15) is 17.1 Å². The number of rotatable bonds is 4. The van der Waals surface area contributed by atoms with Crippen molar-refractivity contribution in [3.8, 4) is 23.3 Å². The molecular weight excluding hydrogens is 464 g/mol. The third-order valence-corrected chi connectivity index (χ3v) is 5.79. The molecule has 1 atom stereocenters. The van der Waals surface area contributed by atoms with Crippen LogP contribution >= 0.6 is 0 Å². The van der Waals surface area contributed by atoms with Crippen LogP contribution in [0.1, 0.15) is 41.0 Å². The number of carbonyl (C=O) groups excluding carboxylic acids is 1. The van der Waals surface area contributed by atoms with E-state index < -0.39 is 29.3 Å². The van der Waals surface area contributed by atoms with E-state index in [-0.39, 0.29) is 52.8 Å². The smallest absolute Gasteiger partial charge is 0.407 e. The summed E-state index contributed by atoms with van der Waals surface area (Å²) in [6, 6.07) is 0.657. The summed E-state index contributed by atoms with van der Waals surface area (Å²) in [6.45, 7) is 1.76. The molecule has 3 aromatic rings. The quantitative estimate of drug-likeness (QED) is 0.426. The maximum absolute atomic E-state index is 14.8. The zero-order valence-corrected chi connectivity index (χ0v) is 19.1. The predicted octanol–water partition coefficient (Wildman–Crippen LogP) is 2.84. The molecule has 1 aliphatic heterocycles. The van der Waals surface area contributed by atoms with Crippen LogP contribution in [0.3, 0.4) is 0 Å². The molecule has 1 amide bonds. The van der Waals surface area contributed by atoms with Crippen molar-refractivity contribution in [3.05, 3.63) is 40.7 Å². The van der Waals surface area contributed by atoms with E-state index in [9.17, 15) is 23.5 Å². The van der Waals surface area contributed by atoms with Crippen molar-refractivity contribution in [2.45, 2.75) is 19.4 Å². The Morgan fingerprint density at radius 2 is 1.86 bits per heavy atom. The summed E-state index contributed by atoms with van der Waals surface area (Å²) in [6.07, 6.45) is 0.673. The highest BCUT2D eigenvalue weighted by Crippen LogP contribution is 2.33. The molecule has 0 bridgehead atoms. The summed E-state index contributed by atoms with van der Waals surface area (Å²) >= 11 is 0. The number of ether oxygens (including phenoxy) is 2. The second-order valence-electron chi connectivity index (χ2n) is 7.84. The summed E-state index contributed by atoms with van der Waals surface area (Å²) in [4.78, 5) is 29.0. The first-order valence-corrected chi connectivity index (χ1v) is 10.4. The summed E-state index contributed by atoms with van der Waals surface area (Å²) in [5.41, 5.74) is 6.07. The van der Waals surface area contributed by atoms with Crippen LogP contribution < -0.4 is 15.2 Å². The number of nitrogens with two attached hydrogens (primary N) is 1. The highest BCUT2D eigenvalue weighted by Gasteiger charge is 2.31. The standard InChI is InChI=1S/C23H21F2N5O5/c1-11(31)14-9-27-22(26)18-15(28-30(21(14)18)12-6-7-29(10-12)23(32)33)5-4-13-19(24)16(34-2)8-17(35-3)20(13)25/h8-9,12H,6-7,10H2,1-3H3,(H2,26,27)(H,32,33)/t12-/m0/s1. The molecular formula is C23H21F2N5O5. The zero-order chi connectivity index (χ0) is 25.4. The summed E-state index contributed by atoms with van der Waals surface area (Å²) in [5, 5.41) is 14.0. The Morgan fingerprint density at radius 1 is 1.20 bits per heavy atom. The van der Waals surface area contributed by atoms with E-state index in [0.717, 1.165) is 6.07 Å². The molecule has 2 aromatic heterocycles. The van der Waals surface area contributed by atoms with Gasteiger partial charge in [-0.1, -0.05) is 5.92 Å². The number of anilines is 1. The first-order valence-electron chi connectivity index (χ1n) is 10.4. The maximum Gasteiger partial charge on any atom is 0.407 e. The topological polar surface area (TPSA) is 133 Å². The number of benzene rings is 1. The van der Waals surface area contributed by atoms with Gasteiger partial charge in [-0.15, -0.1) is 0 Å². The van der Waals surface area contributed by atoms with Crippen molar-refractivity contribution in [2.75, 3.05) is 33.0 Å². The minimum absolute atomic E-state index is 0.0119. The van der Waals surface area contributed by atoms with Crippen LogP contribution in [0.15, 0.2) is 12.3 Å². The number of ketones is 1. The molecule has 10 nitrogen and oxygen atoms in total. The highest BCUT2D eigenvalue weighted by molar-refractivity contribution is 6.09. The molecule has 0 radical (unpaired) electrons. The van der Waals surface area contributed by atoms with Gasteiger partial charge in [-0.25, -0.2) is 18.6 Å². The maximum atomic E-state index is 14.8. The molecule has 3 N–H and O–H groups in total. The fourth-order valence-electron chi connectivity index (χ4n) is 4.04. The van der Waals surface area contributed by atoms with Gasteiger partial charge >= 0.3 is 6.09 Å². The molecule has 1 aromatic carbocycles. The molecule has 12 heteroatoms. The Kier molecular flexibility index (Phi) is 6.17. The molecule has 3 heterocycles. The molecule has 1 fully saturated rings. The van der Waals surface area contributed by atoms with Crippen molar-refractivity contribution >= 4 is 28.6 Å². The van der Waals surface area contributed by atoms with Gasteiger partial charge in [0.25, 0.3) is 0 Å². The van der Waals surface area contributed by atoms with Gasteiger partial charge in [0.05, 0.1) is 36.7 Å². The van der Waals surface area contributed by atoms with Crippen molar-refractivity contribution in [1.29, 1.82) is 0 Å². The number of pyridine rings is 1. The number of carboxylic acid groups (broad SMARTS) is 1. The first kappa shape index (κ1) is 23.7. The lowest BCUT2D eigenvalue weighted by Crippen LogP contribution is -2.27. The molecule has 0 saturated carbocycles. The van der Waals surface area contributed by atoms with Gasteiger partial charge in [-0.3, -0.25) is 9.48 Å². The summed E-state index contributed by atoms with van der Waals surface area (Å²) < 4.78 is 41.0. The number of nitrogens with zero attached hydrogens (tertiary/aromatic N) is 4. The van der Waals surface area contributed by atoms with Gasteiger partial charge in [-0.2, -0.15) is 5.10 Å². The molecule has 0 aliphatic carbocycles. The number of hydrogen-bond acceptors (Lipinski definition) is 7. The third kappa shape index (κ3) is 4.05. The second kappa shape index (κ2) is 9.09. The number of amides is 1. The zero-order valence-electron chi connectivity index (χ0n) is 19.1. The monoisotopic (exact) mass is 485 g/mol. The van der Waals surface area contributed by atoms with E-state index >= 15 is 0 Å². The Bertz CT molecular complexity index is 1400. The Labute approximate surface area is 198 Å². The van der Waals surface area contributed by atoms with Gasteiger partial charge in [-0.05, 0) is 19.3 Å². The van der Waals surface area contributed by atoms with Crippen LogP contribution in [0.25, 0.3) is 10.9 Å². The fraction of sp³-hybridized carbons (Fsp3) is 0.304. The molecule has 1 saturated heterocycles. The minimum Gasteiger partial charge on any atom is -0.493 e. The van der Waals surface area contributed by atoms with Gasteiger partial charge in [0.15, 0.2) is 28.9 Å². The number of halogens is 2. The van der Waals surface area contributed by atoms with Crippen molar-refractivity contribution in [3.63, 3.8) is 0 Å². The Morgan fingerprint density at radius 3 is 2.40 bits per heavy atom. The number of methoxy groups -OCH3 is 2. The van der Waals surface area contributed by atoms with Crippen LogP contribution in [0.5, 0.6) is 11.5 Å². The fourth-order valence-corrected chi connectivity index (χ4v) is 4.04.